The molecule has 4 heterocycles. The van der Waals surface area contributed by atoms with Crippen LogP contribution in [0.5, 0.6) is 0 Å². The van der Waals surface area contributed by atoms with E-state index in [4.69, 9.17) is 0 Å². The molecule has 1 aromatic carbocycles. The van der Waals surface area contributed by atoms with Gasteiger partial charge in [0.05, 0.1) is 29.8 Å². The molecule has 9 nitrogen and oxygen atoms in total. The van der Waals surface area contributed by atoms with Gasteiger partial charge in [-0.1, -0.05) is 0 Å². The van der Waals surface area contributed by atoms with Crippen molar-refractivity contribution >= 4 is 33.1 Å². The molecule has 12 heteroatoms. The molecule has 1 aliphatic heterocycles. The highest BCUT2D eigenvalue weighted by Gasteiger charge is 2.33. The van der Waals surface area contributed by atoms with E-state index in [1.54, 1.807) is 36.7 Å². The van der Waals surface area contributed by atoms with Gasteiger partial charge in [0, 0.05) is 31.0 Å². The Kier molecular flexibility index (Phi) is 6.42. The third-order valence-corrected chi connectivity index (χ3v) is 8.57. The van der Waals surface area contributed by atoms with Gasteiger partial charge in [-0.25, -0.2) is 18.5 Å². The van der Waals surface area contributed by atoms with Crippen LogP contribution in [0.1, 0.15) is 47.8 Å². The molecular formula is C27H26F2N6O3S. The molecule has 0 radical (unpaired) electrons. The van der Waals surface area contributed by atoms with Crippen molar-refractivity contribution in [1.29, 1.82) is 0 Å². The number of pyridine rings is 2. The normalized spacial score (nSPS) is 17.5. The number of rotatable bonds is 8. The fourth-order valence-electron chi connectivity index (χ4n) is 5.08. The van der Waals surface area contributed by atoms with Crippen LogP contribution in [0.2, 0.25) is 0 Å². The van der Waals surface area contributed by atoms with Gasteiger partial charge in [0.2, 0.25) is 0 Å². The molecule has 4 aromatic rings. The SMILES string of the molecule is O=C(NS(=O)(=O)N(CC1CC1)c1cccnc1)c1cnc2ccc(N3CCC[C@@H]3c3cc(F)ccc3F)cn12. The van der Waals surface area contributed by atoms with E-state index >= 15 is 0 Å². The van der Waals surface area contributed by atoms with Crippen molar-refractivity contribution in [3.8, 4) is 0 Å². The number of fused-ring (bicyclic) bond motifs is 1. The van der Waals surface area contributed by atoms with Gasteiger partial charge >= 0.3 is 10.2 Å². The van der Waals surface area contributed by atoms with Crippen LogP contribution in [0.4, 0.5) is 20.2 Å². The fraction of sp³-hybridized carbons (Fsp3) is 0.296. The molecule has 2 aliphatic rings. The number of aromatic nitrogens is 3. The van der Waals surface area contributed by atoms with E-state index in [-0.39, 0.29) is 29.8 Å². The molecule has 1 N–H and O–H groups in total. The first kappa shape index (κ1) is 25.2. The monoisotopic (exact) mass is 552 g/mol. The number of carbonyl (C=O) groups is 1. The van der Waals surface area contributed by atoms with Crippen molar-refractivity contribution in [1.82, 2.24) is 19.1 Å². The molecule has 1 amide bonds. The van der Waals surface area contributed by atoms with Gasteiger partial charge in [0.25, 0.3) is 5.91 Å². The highest BCUT2D eigenvalue weighted by Crippen LogP contribution is 2.37. The van der Waals surface area contributed by atoms with E-state index in [1.165, 1.54) is 27.2 Å². The van der Waals surface area contributed by atoms with Crippen molar-refractivity contribution < 1.29 is 22.0 Å². The van der Waals surface area contributed by atoms with Crippen LogP contribution in [-0.2, 0) is 10.2 Å². The van der Waals surface area contributed by atoms with E-state index in [0.717, 1.165) is 31.4 Å². The first-order valence-electron chi connectivity index (χ1n) is 12.7. The molecule has 1 atom stereocenters. The van der Waals surface area contributed by atoms with E-state index in [2.05, 4.69) is 14.7 Å². The van der Waals surface area contributed by atoms with Crippen LogP contribution in [-0.4, -0.2) is 41.8 Å². The second-order valence-electron chi connectivity index (χ2n) is 9.90. The molecule has 202 valence electrons. The molecule has 1 saturated carbocycles. The van der Waals surface area contributed by atoms with Crippen molar-refractivity contribution in [3.63, 3.8) is 0 Å². The number of amides is 1. The van der Waals surface area contributed by atoms with Crippen LogP contribution in [0, 0.1) is 17.6 Å². The molecule has 1 aliphatic carbocycles. The number of nitrogens with one attached hydrogen (secondary N) is 1. The predicted octanol–water partition coefficient (Wildman–Crippen LogP) is 4.24. The summed E-state index contributed by atoms with van der Waals surface area (Å²) in [4.78, 5) is 23.5. The van der Waals surface area contributed by atoms with Crippen LogP contribution >= 0.6 is 0 Å². The van der Waals surface area contributed by atoms with E-state index in [9.17, 15) is 22.0 Å². The van der Waals surface area contributed by atoms with Gasteiger partial charge in [0.15, 0.2) is 0 Å². The minimum absolute atomic E-state index is 0.0284. The first-order valence-corrected chi connectivity index (χ1v) is 14.2. The summed E-state index contributed by atoms with van der Waals surface area (Å²) in [7, 11) is -4.24. The van der Waals surface area contributed by atoms with Crippen LogP contribution in [0.15, 0.2) is 67.3 Å². The zero-order chi connectivity index (χ0) is 27.1. The number of hydrogen-bond donors (Lipinski definition) is 1. The van der Waals surface area contributed by atoms with Crippen LogP contribution < -0.4 is 13.9 Å². The van der Waals surface area contributed by atoms with Crippen LogP contribution in [0.3, 0.4) is 0 Å². The van der Waals surface area contributed by atoms with Crippen molar-refractivity contribution in [2.24, 2.45) is 5.92 Å². The summed E-state index contributed by atoms with van der Waals surface area (Å²) in [5.74, 6) is -1.60. The van der Waals surface area contributed by atoms with Gasteiger partial charge in [-0.05, 0) is 74.1 Å². The summed E-state index contributed by atoms with van der Waals surface area (Å²) in [6.07, 6.45) is 9.24. The number of halogens is 2. The third kappa shape index (κ3) is 5.03. The number of anilines is 2. The Labute approximate surface area is 224 Å². The lowest BCUT2D eigenvalue weighted by molar-refractivity contribution is 0.0975. The molecule has 39 heavy (non-hydrogen) atoms. The Morgan fingerprint density at radius 1 is 1.10 bits per heavy atom. The second kappa shape index (κ2) is 9.92. The van der Waals surface area contributed by atoms with Gasteiger partial charge in [-0.3, -0.25) is 18.5 Å². The Hall–Kier alpha value is -4.06. The van der Waals surface area contributed by atoms with E-state index in [1.807, 2.05) is 4.90 Å². The van der Waals surface area contributed by atoms with Gasteiger partial charge < -0.3 is 4.90 Å². The summed E-state index contributed by atoms with van der Waals surface area (Å²) >= 11 is 0. The van der Waals surface area contributed by atoms with Gasteiger partial charge in [0.1, 0.15) is 23.0 Å². The zero-order valence-electron chi connectivity index (χ0n) is 20.9. The predicted molar refractivity (Wildman–Crippen MR) is 142 cm³/mol. The summed E-state index contributed by atoms with van der Waals surface area (Å²) in [6.45, 7) is 0.858. The molecule has 0 bridgehead atoms. The molecule has 1 saturated heterocycles. The minimum atomic E-state index is -4.24. The van der Waals surface area contributed by atoms with Crippen molar-refractivity contribution in [3.05, 3.63) is 90.1 Å². The maximum atomic E-state index is 14.6. The Morgan fingerprint density at radius 2 is 1.95 bits per heavy atom. The Bertz CT molecular complexity index is 1640. The first-order chi connectivity index (χ1) is 18.8. The number of carbonyl (C=O) groups excluding carboxylic acids is 1. The average molecular weight is 553 g/mol. The largest absolute Gasteiger partial charge is 0.363 e. The second-order valence-corrected chi connectivity index (χ2v) is 11.5. The van der Waals surface area contributed by atoms with Gasteiger partial charge in [-0.15, -0.1) is 0 Å². The highest BCUT2D eigenvalue weighted by atomic mass is 32.2. The summed E-state index contributed by atoms with van der Waals surface area (Å²) in [5, 5.41) is 0. The number of hydrogen-bond acceptors (Lipinski definition) is 6. The quantitative estimate of drug-likeness (QED) is 0.351. The van der Waals surface area contributed by atoms with E-state index in [0.29, 0.717) is 30.0 Å². The summed E-state index contributed by atoms with van der Waals surface area (Å²) in [5.41, 5.74) is 1.79. The fourth-order valence-corrected chi connectivity index (χ4v) is 6.32. The number of nitrogens with zero attached hydrogens (tertiary/aromatic N) is 5. The molecule has 0 spiro atoms. The molecule has 0 unspecified atom stereocenters. The summed E-state index contributed by atoms with van der Waals surface area (Å²) < 4.78 is 60.0. The smallest absolute Gasteiger partial charge is 0.326 e. The summed E-state index contributed by atoms with van der Waals surface area (Å²) in [6, 6.07) is 9.83. The maximum absolute atomic E-state index is 14.6. The Morgan fingerprint density at radius 3 is 2.72 bits per heavy atom. The molecule has 2 fully saturated rings. The van der Waals surface area contributed by atoms with E-state index < -0.39 is 27.8 Å². The van der Waals surface area contributed by atoms with Gasteiger partial charge in [-0.2, -0.15) is 8.42 Å². The standard InChI is InChI=1S/C27H26F2N6O3S/c28-19-7-9-23(29)22(13-19)24-4-2-12-33(24)21-8-10-26-31-15-25(34(26)17-21)27(36)32-39(37,38)35(16-18-5-6-18)20-3-1-11-30-14-20/h1,3,7-11,13-15,17-18,24H,2,4-6,12,16H2,(H,32,36)/t24-/m1/s1. The average Bonchev–Trinajstić information content (AvgIpc) is 3.44. The van der Waals surface area contributed by atoms with Crippen molar-refractivity contribution in [2.45, 2.75) is 31.7 Å². The van der Waals surface area contributed by atoms with Crippen molar-refractivity contribution in [2.75, 3.05) is 22.3 Å². The number of benzene rings is 1. The maximum Gasteiger partial charge on any atom is 0.326 e. The third-order valence-electron chi connectivity index (χ3n) is 7.19. The molecule has 3 aromatic heterocycles. The lowest BCUT2D eigenvalue weighted by atomic mass is 10.0. The Balaban J connectivity index is 1.29. The highest BCUT2D eigenvalue weighted by molar-refractivity contribution is 7.91. The zero-order valence-corrected chi connectivity index (χ0v) is 21.7. The molecule has 6 rings (SSSR count). The lowest BCUT2D eigenvalue weighted by Gasteiger charge is -2.27. The molecular weight excluding hydrogens is 526 g/mol. The lowest BCUT2D eigenvalue weighted by Crippen LogP contribution is -2.45. The topological polar surface area (TPSA) is 99.9 Å². The minimum Gasteiger partial charge on any atom is -0.363 e. The number of imidazole rings is 1. The van der Waals surface area contributed by atoms with Crippen LogP contribution in [0.25, 0.3) is 5.65 Å².